The van der Waals surface area contributed by atoms with Crippen LogP contribution >= 0.6 is 0 Å². The van der Waals surface area contributed by atoms with Gasteiger partial charge in [0.25, 0.3) is 20.0 Å². The van der Waals surface area contributed by atoms with Gasteiger partial charge < -0.3 is 4.42 Å². The number of rotatable bonds is 7. The molecule has 0 aliphatic heterocycles. The molecule has 0 radical (unpaired) electrons. The average molecular weight is 560 g/mol. The maximum atomic E-state index is 13.8. The van der Waals surface area contributed by atoms with Gasteiger partial charge in [-0.05, 0) is 81.4 Å². The Labute approximate surface area is 227 Å². The smallest absolute Gasteiger partial charge is 0.277 e. The summed E-state index contributed by atoms with van der Waals surface area (Å²) in [6.45, 7) is 5.61. The molecule has 1 aromatic heterocycles. The third kappa shape index (κ3) is 5.21. The van der Waals surface area contributed by atoms with Gasteiger partial charge in [0.15, 0.2) is 0 Å². The van der Waals surface area contributed by atoms with Crippen molar-refractivity contribution in [3.05, 3.63) is 114 Å². The molecule has 10 heteroatoms. The number of nitrogens with zero attached hydrogens (tertiary/aromatic N) is 3. The lowest BCUT2D eigenvalue weighted by Crippen LogP contribution is -2.37. The first-order valence-electron chi connectivity index (χ1n) is 12.0. The van der Waals surface area contributed by atoms with Crippen LogP contribution in [0.1, 0.15) is 16.7 Å². The van der Waals surface area contributed by atoms with Crippen molar-refractivity contribution in [3.8, 4) is 22.9 Å². The lowest BCUT2D eigenvalue weighted by Gasteiger charge is -2.24. The molecule has 0 aliphatic carbocycles. The second-order valence-corrected chi connectivity index (χ2v) is 13.0. The molecule has 1 heterocycles. The first kappa shape index (κ1) is 26.3. The van der Waals surface area contributed by atoms with Gasteiger partial charge in [-0.15, -0.1) is 10.2 Å². The molecule has 0 N–H and O–H groups in total. The van der Waals surface area contributed by atoms with Crippen LogP contribution in [-0.4, -0.2) is 27.0 Å². The zero-order chi connectivity index (χ0) is 27.8. The van der Waals surface area contributed by atoms with E-state index in [1.807, 2.05) is 45.0 Å². The zero-order valence-electron chi connectivity index (χ0n) is 21.4. The Bertz CT molecular complexity index is 1750. The quantitative estimate of drug-likeness (QED) is 0.244. The highest BCUT2D eigenvalue weighted by molar-refractivity contribution is 8.10. The Balaban J connectivity index is 1.57. The Hall–Kier alpha value is -4.28. The molecule has 5 rings (SSSR count). The van der Waals surface area contributed by atoms with Gasteiger partial charge >= 0.3 is 0 Å². The number of anilines is 1. The third-order valence-corrected chi connectivity index (χ3v) is 10.3. The van der Waals surface area contributed by atoms with Crippen LogP contribution in [0, 0.1) is 20.8 Å². The van der Waals surface area contributed by atoms with Crippen LogP contribution in [0.25, 0.3) is 22.9 Å². The topological polar surface area (TPSA) is 110 Å². The Morgan fingerprint density at radius 2 is 0.846 bits per heavy atom. The summed E-state index contributed by atoms with van der Waals surface area (Å²) in [5.74, 6) is 0.547. The van der Waals surface area contributed by atoms with E-state index in [4.69, 9.17) is 4.42 Å². The van der Waals surface area contributed by atoms with E-state index < -0.39 is 20.0 Å². The molecule has 0 fully saturated rings. The second-order valence-electron chi connectivity index (χ2n) is 9.16. The predicted molar refractivity (Wildman–Crippen MR) is 149 cm³/mol. The molecule has 4 aromatic carbocycles. The molecule has 0 saturated heterocycles. The van der Waals surface area contributed by atoms with Crippen molar-refractivity contribution in [2.24, 2.45) is 0 Å². The van der Waals surface area contributed by atoms with E-state index in [1.165, 1.54) is 36.4 Å². The SMILES string of the molecule is Cc1ccc(-c2nnc(-c3ccc(N(S(=O)(=O)c4ccc(C)cc4)S(=O)(=O)c4ccc(C)cc4)cc3)o2)cc1. The molecule has 0 saturated carbocycles. The molecule has 0 amide bonds. The van der Waals surface area contributed by atoms with Crippen molar-refractivity contribution in [2.75, 3.05) is 3.71 Å². The monoisotopic (exact) mass is 559 g/mol. The highest BCUT2D eigenvalue weighted by Gasteiger charge is 2.37. The van der Waals surface area contributed by atoms with Crippen LogP contribution in [0.2, 0.25) is 0 Å². The average Bonchev–Trinajstić information content (AvgIpc) is 3.40. The van der Waals surface area contributed by atoms with Crippen LogP contribution in [0.5, 0.6) is 0 Å². The summed E-state index contributed by atoms with van der Waals surface area (Å²) < 4.78 is 61.4. The first-order chi connectivity index (χ1) is 18.6. The molecule has 0 aliphatic rings. The molecule has 0 atom stereocenters. The molecule has 0 bridgehead atoms. The molecule has 8 nitrogen and oxygen atoms in total. The lowest BCUT2D eigenvalue weighted by molar-refractivity contribution is 0.584. The van der Waals surface area contributed by atoms with Gasteiger partial charge in [-0.1, -0.05) is 53.1 Å². The minimum atomic E-state index is -4.51. The van der Waals surface area contributed by atoms with E-state index in [0.29, 0.717) is 15.2 Å². The summed E-state index contributed by atoms with van der Waals surface area (Å²) in [7, 11) is -9.01. The fourth-order valence-electron chi connectivity index (χ4n) is 3.90. The van der Waals surface area contributed by atoms with E-state index in [9.17, 15) is 16.8 Å². The lowest BCUT2D eigenvalue weighted by atomic mass is 10.1. The summed E-state index contributed by atoms with van der Waals surface area (Å²) in [6, 6.07) is 25.6. The molecular formula is C29H25N3O5S2. The molecule has 0 spiro atoms. The number of sulfonamides is 2. The minimum absolute atomic E-state index is 0.0572. The van der Waals surface area contributed by atoms with Crippen molar-refractivity contribution < 1.29 is 21.3 Å². The molecule has 39 heavy (non-hydrogen) atoms. The predicted octanol–water partition coefficient (Wildman–Crippen LogP) is 5.91. The van der Waals surface area contributed by atoms with Gasteiger partial charge in [0.2, 0.25) is 11.8 Å². The van der Waals surface area contributed by atoms with Crippen molar-refractivity contribution in [1.82, 2.24) is 10.2 Å². The van der Waals surface area contributed by atoms with Crippen LogP contribution in [0.15, 0.2) is 111 Å². The van der Waals surface area contributed by atoms with Gasteiger partial charge in [0.05, 0.1) is 15.5 Å². The van der Waals surface area contributed by atoms with Crippen molar-refractivity contribution in [2.45, 2.75) is 30.6 Å². The summed E-state index contributed by atoms with van der Waals surface area (Å²) >= 11 is 0. The number of aromatic nitrogens is 2. The summed E-state index contributed by atoms with van der Waals surface area (Å²) in [6.07, 6.45) is 0. The number of aryl methyl sites for hydroxylation is 3. The zero-order valence-corrected chi connectivity index (χ0v) is 23.1. The van der Waals surface area contributed by atoms with Gasteiger partial charge in [-0.2, -0.15) is 3.71 Å². The largest absolute Gasteiger partial charge is 0.416 e. The van der Waals surface area contributed by atoms with E-state index in [2.05, 4.69) is 10.2 Å². The third-order valence-electron chi connectivity index (χ3n) is 6.12. The van der Waals surface area contributed by atoms with Crippen molar-refractivity contribution in [1.29, 1.82) is 0 Å². The fraction of sp³-hybridized carbons (Fsp3) is 0.103. The highest BCUT2D eigenvalue weighted by Crippen LogP contribution is 2.33. The van der Waals surface area contributed by atoms with Gasteiger partial charge in [0.1, 0.15) is 0 Å². The van der Waals surface area contributed by atoms with Crippen molar-refractivity contribution >= 4 is 25.7 Å². The fourth-order valence-corrected chi connectivity index (χ4v) is 7.59. The van der Waals surface area contributed by atoms with E-state index in [-0.39, 0.29) is 21.4 Å². The van der Waals surface area contributed by atoms with Crippen LogP contribution in [0.4, 0.5) is 5.69 Å². The van der Waals surface area contributed by atoms with Gasteiger partial charge in [-0.3, -0.25) is 0 Å². The molecule has 0 unspecified atom stereocenters. The van der Waals surface area contributed by atoms with Gasteiger partial charge in [0, 0.05) is 11.1 Å². The highest BCUT2D eigenvalue weighted by atomic mass is 32.3. The number of hydrogen-bond donors (Lipinski definition) is 0. The van der Waals surface area contributed by atoms with E-state index in [0.717, 1.165) is 22.3 Å². The van der Waals surface area contributed by atoms with Crippen molar-refractivity contribution in [3.63, 3.8) is 0 Å². The number of hydrogen-bond acceptors (Lipinski definition) is 7. The van der Waals surface area contributed by atoms with Crippen LogP contribution in [-0.2, 0) is 20.0 Å². The first-order valence-corrected chi connectivity index (χ1v) is 14.9. The van der Waals surface area contributed by atoms with Crippen LogP contribution in [0.3, 0.4) is 0 Å². The maximum Gasteiger partial charge on any atom is 0.277 e. The van der Waals surface area contributed by atoms with E-state index in [1.54, 1.807) is 36.4 Å². The Kier molecular flexibility index (Phi) is 6.83. The summed E-state index contributed by atoms with van der Waals surface area (Å²) in [4.78, 5) is -0.292. The molecule has 198 valence electrons. The Morgan fingerprint density at radius 1 is 0.513 bits per heavy atom. The molecular weight excluding hydrogens is 534 g/mol. The van der Waals surface area contributed by atoms with E-state index >= 15 is 0 Å². The normalized spacial score (nSPS) is 11.9. The molecule has 5 aromatic rings. The second kappa shape index (κ2) is 10.1. The Morgan fingerprint density at radius 3 is 1.23 bits per heavy atom. The van der Waals surface area contributed by atoms with Crippen LogP contribution < -0.4 is 3.71 Å². The number of benzene rings is 4. The standard InChI is InChI=1S/C29H25N3O5S2/c1-20-4-10-23(11-5-20)28-30-31-29(37-28)24-12-14-25(15-13-24)32(38(33,34)26-16-6-21(2)7-17-26)39(35,36)27-18-8-22(3)9-19-27/h4-19H,1-3H3. The summed E-state index contributed by atoms with van der Waals surface area (Å²) in [5.41, 5.74) is 3.99. The maximum absolute atomic E-state index is 13.8. The minimum Gasteiger partial charge on any atom is -0.416 e. The van der Waals surface area contributed by atoms with Gasteiger partial charge in [-0.25, -0.2) is 16.8 Å². The summed E-state index contributed by atoms with van der Waals surface area (Å²) in [5, 5.41) is 8.21.